The Bertz CT molecular complexity index is 256. The highest BCUT2D eigenvalue weighted by molar-refractivity contribution is 7.20. The third-order valence-corrected chi connectivity index (χ3v) is 4.26. The third-order valence-electron chi connectivity index (χ3n) is 2.13. The van der Waals surface area contributed by atoms with Crippen LogP contribution in [0.2, 0.25) is 0 Å². The second kappa shape index (κ2) is 94.2. The van der Waals surface area contributed by atoms with Crippen molar-refractivity contribution in [3.63, 3.8) is 0 Å². The van der Waals surface area contributed by atoms with Crippen LogP contribution < -0.4 is 0 Å². The van der Waals surface area contributed by atoms with E-state index in [1.807, 2.05) is 51.5 Å². The topological polar surface area (TPSA) is 0 Å². The van der Waals surface area contributed by atoms with Crippen LogP contribution in [0.5, 0.6) is 0 Å². The van der Waals surface area contributed by atoms with E-state index in [1.54, 1.807) is 0 Å². The van der Waals surface area contributed by atoms with Gasteiger partial charge in [-0.3, -0.25) is 0 Å². The van der Waals surface area contributed by atoms with E-state index < -0.39 is 0 Å². The second-order valence-corrected chi connectivity index (χ2v) is 8.67. The van der Waals surface area contributed by atoms with Crippen LogP contribution in [-0.2, 0) is 0 Å². The Morgan fingerprint density at radius 3 is 1.03 bits per heavy atom. The normalized spacial score (nSPS) is 8.72. The molecule has 0 nitrogen and oxygen atoms in total. The van der Waals surface area contributed by atoms with Crippen molar-refractivity contribution in [3.05, 3.63) is 49.1 Å². The van der Waals surface area contributed by atoms with Crippen molar-refractivity contribution in [2.45, 2.75) is 100 Å². The fraction of sp³-hybridized carbons (Fsp3) is 0.692. The van der Waals surface area contributed by atoms with Crippen molar-refractivity contribution < 1.29 is 1.43 Å². The van der Waals surface area contributed by atoms with Crippen LogP contribution in [0.15, 0.2) is 49.1 Å². The molecule has 6 heteroatoms. The van der Waals surface area contributed by atoms with E-state index in [-0.39, 0.29) is 1.43 Å². The molecule has 0 aromatic rings. The zero-order valence-corrected chi connectivity index (χ0v) is 30.5. The maximum Gasteiger partial charge on any atom is 0 e. The van der Waals surface area contributed by atoms with Gasteiger partial charge in [-0.05, 0) is 37.0 Å². The molecule has 0 fully saturated rings. The number of allylic oxidation sites excluding steroid dienone is 4. The Labute approximate surface area is 224 Å². The van der Waals surface area contributed by atoms with Gasteiger partial charge in [0.2, 0.25) is 0 Å². The highest BCUT2D eigenvalue weighted by Gasteiger charge is 1.73. The molecule has 0 aromatic heterocycles. The Morgan fingerprint density at radius 2 is 1.03 bits per heavy atom. The molecule has 0 amide bonds. The first-order valence-electron chi connectivity index (χ1n) is 12.2. The predicted molar refractivity (Wildman–Crippen MR) is 192 cm³/mol. The van der Waals surface area contributed by atoms with Crippen LogP contribution in [0.4, 0.5) is 0 Å². The molecule has 0 aromatic carbocycles. The fourth-order valence-corrected chi connectivity index (χ4v) is 1.43. The van der Waals surface area contributed by atoms with Gasteiger partial charge in [0.05, 0.1) is 0 Å². The molecule has 0 heterocycles. The van der Waals surface area contributed by atoms with Crippen molar-refractivity contribution in [2.75, 3.05) is 18.5 Å². The van der Waals surface area contributed by atoms with E-state index in [1.165, 1.54) is 31.6 Å². The Kier molecular flexibility index (Phi) is 160. The summed E-state index contributed by atoms with van der Waals surface area (Å²) in [6.45, 7) is 25.6. The van der Waals surface area contributed by atoms with Crippen molar-refractivity contribution in [2.24, 2.45) is 0 Å². The minimum absolute atomic E-state index is 0. The first-order valence-corrected chi connectivity index (χ1v) is 16.6. The lowest BCUT2D eigenvalue weighted by molar-refractivity contribution is 0.897. The predicted octanol–water partition coefficient (Wildman–Crippen LogP) is 11.3. The zero-order valence-electron chi connectivity index (χ0n) is 23.6. The molecular formula is C26H68P6. The molecule has 0 saturated heterocycles. The van der Waals surface area contributed by atoms with Crippen molar-refractivity contribution in [1.29, 1.82) is 0 Å². The maximum atomic E-state index is 3.54. The number of hydrogen-bond donors (Lipinski definition) is 0. The summed E-state index contributed by atoms with van der Waals surface area (Å²) in [4.78, 5) is 0. The molecule has 7 unspecified atom stereocenters. The van der Waals surface area contributed by atoms with Gasteiger partial charge in [0.15, 0.2) is 0 Å². The molecule has 202 valence electrons. The molecule has 32 heavy (non-hydrogen) atoms. The summed E-state index contributed by atoms with van der Waals surface area (Å²) in [5, 5.41) is 0. The molecule has 7 atom stereocenters. The van der Waals surface area contributed by atoms with E-state index in [9.17, 15) is 0 Å². The van der Waals surface area contributed by atoms with Crippen molar-refractivity contribution >= 4 is 55.4 Å². The minimum atomic E-state index is 0. The quantitative estimate of drug-likeness (QED) is 0.212. The first-order chi connectivity index (χ1) is 15.3. The molecule has 0 N–H and O–H groups in total. The minimum Gasteiger partial charge on any atom is -0.138 e. The van der Waals surface area contributed by atoms with Gasteiger partial charge < -0.3 is 0 Å². The highest BCUT2D eigenvalue weighted by Crippen LogP contribution is 1.94. The molecule has 0 aliphatic heterocycles. The maximum absolute atomic E-state index is 3.54. The summed E-state index contributed by atoms with van der Waals surface area (Å²) in [5.41, 5.74) is 0.565. The highest BCUT2D eigenvalue weighted by atomic mass is 31.0. The van der Waals surface area contributed by atoms with Crippen LogP contribution in [0.25, 0.3) is 0 Å². The number of unbranched alkanes of at least 4 members (excludes halogenated alkanes) is 1. The van der Waals surface area contributed by atoms with E-state index in [0.29, 0.717) is 5.66 Å². The second-order valence-electron chi connectivity index (χ2n) is 5.22. The molecular weight excluding hydrogens is 498 g/mol. The molecule has 0 radical (unpaired) electrons. The molecule has 0 rings (SSSR count). The average Bonchev–Trinajstić information content (AvgIpc) is 2.84. The lowest BCUT2D eigenvalue weighted by Crippen LogP contribution is -1.74. The first kappa shape index (κ1) is 54.4. The summed E-state index contributed by atoms with van der Waals surface area (Å²) in [6, 6.07) is 0. The smallest absolute Gasteiger partial charge is 0 e. The summed E-state index contributed by atoms with van der Waals surface area (Å²) >= 11 is 0. The molecule has 0 bridgehead atoms. The van der Waals surface area contributed by atoms with Gasteiger partial charge in [-0.2, -0.15) is 0 Å². The van der Waals surface area contributed by atoms with Gasteiger partial charge in [0.1, 0.15) is 0 Å². The van der Waals surface area contributed by atoms with Gasteiger partial charge >= 0.3 is 0 Å². The zero-order chi connectivity index (χ0) is 27.5. The molecule has 0 saturated carbocycles. The van der Waals surface area contributed by atoms with E-state index >= 15 is 0 Å². The van der Waals surface area contributed by atoms with Crippen LogP contribution >= 0.6 is 55.4 Å². The van der Waals surface area contributed by atoms with Gasteiger partial charge in [-0.25, -0.2) is 0 Å². The summed E-state index contributed by atoms with van der Waals surface area (Å²) < 4.78 is 0. The third kappa shape index (κ3) is 221. The van der Waals surface area contributed by atoms with Crippen LogP contribution in [0, 0.1) is 0 Å². The summed E-state index contributed by atoms with van der Waals surface area (Å²) in [5.74, 6) is 3.94. The largest absolute Gasteiger partial charge is 0.138 e. The van der Waals surface area contributed by atoms with E-state index in [0.717, 1.165) is 19.0 Å². The summed E-state index contributed by atoms with van der Waals surface area (Å²) in [6.07, 6.45) is 17.6. The van der Waals surface area contributed by atoms with E-state index in [4.69, 9.17) is 0 Å². The average molecular weight is 567 g/mol. The Hall–Kier alpha value is 1.54. The standard InChI is InChI=1S/C4H9P.C4H11P.2C4H9P.C3H9P.C3H7P.2C2H6.H2/c1-3-4(2)5;3*1-2-3-4-5;2*1-2-3-4;2*1-2;/h3-4H,1,5H2,2H3;2-5H2,1H3;2*3-4H,2,5H2,1H3;2-4H2,1H3;2H,1,3-4H2;2*1-2H3;1H/b;;4-3+;4-3-;;;;;. The Balaban J connectivity index is -0.0000000289. The lowest BCUT2D eigenvalue weighted by atomic mass is 10.4. The van der Waals surface area contributed by atoms with E-state index in [2.05, 4.69) is 115 Å². The van der Waals surface area contributed by atoms with Gasteiger partial charge in [-0.15, -0.1) is 68.6 Å². The number of rotatable bonds is 7. The van der Waals surface area contributed by atoms with Crippen LogP contribution in [0.3, 0.4) is 0 Å². The lowest BCUT2D eigenvalue weighted by Gasteiger charge is -1.84. The monoisotopic (exact) mass is 566 g/mol. The fourth-order valence-electron chi connectivity index (χ4n) is 0.476. The van der Waals surface area contributed by atoms with Gasteiger partial charge in [-0.1, -0.05) is 118 Å². The van der Waals surface area contributed by atoms with Crippen molar-refractivity contribution in [1.82, 2.24) is 0 Å². The van der Waals surface area contributed by atoms with Crippen LogP contribution in [-0.4, -0.2) is 24.1 Å². The summed E-state index contributed by atoms with van der Waals surface area (Å²) in [7, 11) is 15.5. The van der Waals surface area contributed by atoms with Gasteiger partial charge in [0, 0.05) is 1.43 Å². The van der Waals surface area contributed by atoms with Gasteiger partial charge in [0.25, 0.3) is 0 Å². The molecule has 0 aliphatic rings. The molecule has 0 spiro atoms. The Morgan fingerprint density at radius 1 is 0.750 bits per heavy atom. The SMILES string of the molecule is C=CC(C)P.C=CCP.CC.CC.CC/C=C/P.CC/C=C\P.CCCCP.CCCP.[HH]. The molecule has 0 aliphatic carbocycles. The number of hydrogen-bond acceptors (Lipinski definition) is 0. The van der Waals surface area contributed by atoms with Crippen LogP contribution in [0.1, 0.15) is 95.8 Å². The van der Waals surface area contributed by atoms with Crippen molar-refractivity contribution in [3.8, 4) is 0 Å².